The molecule has 2 N–H and O–H groups in total. The first-order valence-electron chi connectivity index (χ1n) is 10.5. The first kappa shape index (κ1) is 20.6. The van der Waals surface area contributed by atoms with Gasteiger partial charge >= 0.3 is 0 Å². The summed E-state index contributed by atoms with van der Waals surface area (Å²) in [5.41, 5.74) is 3.34. The number of halogens is 1. The summed E-state index contributed by atoms with van der Waals surface area (Å²) in [5, 5.41) is 3.42. The van der Waals surface area contributed by atoms with Crippen molar-refractivity contribution in [2.75, 3.05) is 10.0 Å². The molecule has 29 heavy (non-hydrogen) atoms. The Morgan fingerprint density at radius 2 is 1.76 bits per heavy atom. The van der Waals surface area contributed by atoms with Gasteiger partial charge in [0, 0.05) is 10.6 Å². The van der Waals surface area contributed by atoms with Gasteiger partial charge in [-0.25, -0.2) is 0 Å². The Balaban J connectivity index is 1.43. The highest BCUT2D eigenvalue weighted by molar-refractivity contribution is 8.00. The van der Waals surface area contributed by atoms with Crippen LogP contribution in [0.25, 0.3) is 0 Å². The van der Waals surface area contributed by atoms with Crippen LogP contribution in [-0.2, 0) is 10.2 Å². The van der Waals surface area contributed by atoms with Crippen LogP contribution >= 0.6 is 23.5 Å². The second kappa shape index (κ2) is 8.61. The van der Waals surface area contributed by atoms with Crippen molar-refractivity contribution < 1.29 is 4.79 Å². The maximum absolute atomic E-state index is 10.5. The quantitative estimate of drug-likeness (QED) is 0.379. The molecule has 2 saturated carbocycles. The molecule has 0 aromatic heterocycles. The minimum atomic E-state index is 0.241. The van der Waals surface area contributed by atoms with Gasteiger partial charge in [-0.1, -0.05) is 31.5 Å². The number of rotatable bonds is 6. The zero-order chi connectivity index (χ0) is 20.4. The van der Waals surface area contributed by atoms with Gasteiger partial charge in [0.05, 0.1) is 10.7 Å². The number of nitrogens with one attached hydrogen (secondary N) is 2. The second-order valence-electron chi connectivity index (χ2n) is 9.20. The molecule has 2 aliphatic carbocycles. The third-order valence-electron chi connectivity index (χ3n) is 6.64. The minimum absolute atomic E-state index is 0.241. The summed E-state index contributed by atoms with van der Waals surface area (Å²) in [7, 11) is 0. The van der Waals surface area contributed by atoms with E-state index in [-0.39, 0.29) is 5.41 Å². The van der Waals surface area contributed by atoms with Crippen LogP contribution in [0.15, 0.2) is 47.4 Å². The molecule has 5 heteroatoms. The van der Waals surface area contributed by atoms with E-state index in [4.69, 9.17) is 11.6 Å². The molecule has 0 radical (unpaired) electrons. The van der Waals surface area contributed by atoms with Crippen LogP contribution in [-0.4, -0.2) is 6.41 Å². The van der Waals surface area contributed by atoms with Gasteiger partial charge in [-0.3, -0.25) is 4.79 Å². The molecule has 2 unspecified atom stereocenters. The standard InChI is InChI=1S/C24H29ClN2OS/c1-16-9-17-11-18(10-16)14-24(2,13-17)19-3-8-23(22(25)12-19)27-29-21-6-4-20(5-7-21)26-15-28/h3-8,12,15-18,27H,9-11,13-14H2,1-2H3,(H,26,28). The molecular weight excluding hydrogens is 400 g/mol. The Hall–Kier alpha value is -1.65. The lowest BCUT2D eigenvalue weighted by Gasteiger charge is -2.47. The highest BCUT2D eigenvalue weighted by Gasteiger charge is 2.41. The third kappa shape index (κ3) is 4.75. The highest BCUT2D eigenvalue weighted by atomic mass is 35.5. The molecule has 2 fully saturated rings. The summed E-state index contributed by atoms with van der Waals surface area (Å²) in [6, 6.07) is 14.2. The number of benzene rings is 2. The van der Waals surface area contributed by atoms with Crippen LogP contribution in [0.2, 0.25) is 5.02 Å². The van der Waals surface area contributed by atoms with E-state index in [0.717, 1.165) is 39.0 Å². The Bertz CT molecular complexity index is 852. The van der Waals surface area contributed by atoms with Crippen molar-refractivity contribution in [1.82, 2.24) is 0 Å². The van der Waals surface area contributed by atoms with Crippen LogP contribution in [0.1, 0.15) is 51.5 Å². The molecule has 2 atom stereocenters. The SMILES string of the molecule is CC1CC2CC(C1)CC(C)(c1ccc(NSc3ccc(NC=O)cc3)c(Cl)c1)C2. The first-order chi connectivity index (χ1) is 13.9. The van der Waals surface area contributed by atoms with E-state index < -0.39 is 0 Å². The Labute approximate surface area is 183 Å². The largest absolute Gasteiger partial charge is 0.329 e. The molecule has 3 nitrogen and oxygen atoms in total. The van der Waals surface area contributed by atoms with E-state index in [1.165, 1.54) is 49.6 Å². The zero-order valence-corrected chi connectivity index (χ0v) is 18.7. The summed E-state index contributed by atoms with van der Waals surface area (Å²) >= 11 is 8.18. The number of carbonyl (C=O) groups is 1. The maximum atomic E-state index is 10.5. The van der Waals surface area contributed by atoms with Gasteiger partial charge in [-0.05, 0) is 109 Å². The molecule has 0 spiro atoms. The number of anilines is 2. The van der Waals surface area contributed by atoms with Crippen molar-refractivity contribution in [3.63, 3.8) is 0 Å². The first-order valence-corrected chi connectivity index (χ1v) is 11.7. The molecular formula is C24H29ClN2OS. The second-order valence-corrected chi connectivity index (χ2v) is 10.5. The van der Waals surface area contributed by atoms with Crippen molar-refractivity contribution in [2.24, 2.45) is 17.8 Å². The van der Waals surface area contributed by atoms with Crippen LogP contribution in [0.3, 0.4) is 0 Å². The molecule has 1 amide bonds. The van der Waals surface area contributed by atoms with Crippen LogP contribution in [0.5, 0.6) is 0 Å². The van der Waals surface area contributed by atoms with Crippen LogP contribution in [0.4, 0.5) is 11.4 Å². The predicted molar refractivity (Wildman–Crippen MR) is 124 cm³/mol. The summed E-state index contributed by atoms with van der Waals surface area (Å²) in [6.45, 7) is 4.85. The van der Waals surface area contributed by atoms with Gasteiger partial charge in [0.1, 0.15) is 0 Å². The van der Waals surface area contributed by atoms with Crippen molar-refractivity contribution in [1.29, 1.82) is 0 Å². The monoisotopic (exact) mass is 428 g/mol. The predicted octanol–water partition coefficient (Wildman–Crippen LogP) is 7.13. The average Bonchev–Trinajstić information content (AvgIpc) is 2.67. The molecule has 2 bridgehead atoms. The summed E-state index contributed by atoms with van der Waals surface area (Å²) in [6.07, 6.45) is 7.45. The fourth-order valence-corrected chi connectivity index (χ4v) is 6.56. The number of hydrogen-bond acceptors (Lipinski definition) is 3. The molecule has 2 aromatic carbocycles. The van der Waals surface area contributed by atoms with Gasteiger partial charge in [0.15, 0.2) is 0 Å². The lowest BCUT2D eigenvalue weighted by atomic mass is 9.57. The van der Waals surface area contributed by atoms with E-state index >= 15 is 0 Å². The number of carbonyl (C=O) groups excluding carboxylic acids is 1. The van der Waals surface area contributed by atoms with Gasteiger partial charge in [0.25, 0.3) is 0 Å². The van der Waals surface area contributed by atoms with E-state index in [2.05, 4.69) is 42.1 Å². The lowest BCUT2D eigenvalue weighted by molar-refractivity contribution is -0.105. The van der Waals surface area contributed by atoms with Crippen LogP contribution in [0, 0.1) is 17.8 Å². The molecule has 4 rings (SSSR count). The van der Waals surface area contributed by atoms with E-state index in [9.17, 15) is 4.79 Å². The van der Waals surface area contributed by atoms with Crippen molar-refractivity contribution in [2.45, 2.75) is 56.3 Å². The fourth-order valence-electron chi connectivity index (χ4n) is 5.60. The summed E-state index contributed by atoms with van der Waals surface area (Å²) < 4.78 is 3.36. The van der Waals surface area contributed by atoms with Crippen molar-refractivity contribution in [3.8, 4) is 0 Å². The van der Waals surface area contributed by atoms with Crippen LogP contribution < -0.4 is 10.0 Å². The maximum Gasteiger partial charge on any atom is 0.211 e. The number of hydrogen-bond donors (Lipinski definition) is 2. The van der Waals surface area contributed by atoms with E-state index in [1.54, 1.807) is 0 Å². The number of fused-ring (bicyclic) bond motifs is 2. The van der Waals surface area contributed by atoms with Crippen molar-refractivity contribution in [3.05, 3.63) is 53.1 Å². The topological polar surface area (TPSA) is 41.1 Å². The fraction of sp³-hybridized carbons (Fsp3) is 0.458. The summed E-state index contributed by atoms with van der Waals surface area (Å²) in [4.78, 5) is 11.6. The minimum Gasteiger partial charge on any atom is -0.329 e. The van der Waals surface area contributed by atoms with E-state index in [0.29, 0.717) is 6.41 Å². The van der Waals surface area contributed by atoms with E-state index in [1.807, 2.05) is 24.3 Å². The molecule has 2 aromatic rings. The molecule has 0 heterocycles. The van der Waals surface area contributed by atoms with Gasteiger partial charge in [-0.2, -0.15) is 0 Å². The van der Waals surface area contributed by atoms with Gasteiger partial charge in [-0.15, -0.1) is 0 Å². The Morgan fingerprint density at radius 1 is 1.07 bits per heavy atom. The van der Waals surface area contributed by atoms with Gasteiger partial charge < -0.3 is 10.0 Å². The number of amides is 1. The summed E-state index contributed by atoms with van der Waals surface area (Å²) in [5.74, 6) is 2.62. The average molecular weight is 429 g/mol. The Kier molecular flexibility index (Phi) is 6.12. The zero-order valence-electron chi connectivity index (χ0n) is 17.1. The molecule has 154 valence electrons. The highest BCUT2D eigenvalue weighted by Crippen LogP contribution is 2.51. The lowest BCUT2D eigenvalue weighted by Crippen LogP contribution is -2.38. The third-order valence-corrected chi connectivity index (χ3v) is 7.78. The Morgan fingerprint density at radius 3 is 2.38 bits per heavy atom. The normalized spacial score (nSPS) is 28.6. The smallest absolute Gasteiger partial charge is 0.211 e. The van der Waals surface area contributed by atoms with Gasteiger partial charge in [0.2, 0.25) is 6.41 Å². The molecule has 0 saturated heterocycles. The van der Waals surface area contributed by atoms with Crippen molar-refractivity contribution >= 4 is 41.3 Å². The molecule has 2 aliphatic rings. The molecule has 0 aliphatic heterocycles.